The van der Waals surface area contributed by atoms with Crippen molar-refractivity contribution in [2.24, 2.45) is 7.05 Å². The van der Waals surface area contributed by atoms with Crippen LogP contribution in [0.1, 0.15) is 5.82 Å². The van der Waals surface area contributed by atoms with E-state index in [1.165, 1.54) is 0 Å². The van der Waals surface area contributed by atoms with Gasteiger partial charge >= 0.3 is 0 Å². The molecule has 3 aromatic rings. The van der Waals surface area contributed by atoms with Gasteiger partial charge in [-0.2, -0.15) is 5.10 Å². The van der Waals surface area contributed by atoms with Crippen molar-refractivity contribution in [3.63, 3.8) is 0 Å². The number of nitrogens with zero attached hydrogens (tertiary/aromatic N) is 4. The van der Waals surface area contributed by atoms with Crippen molar-refractivity contribution < 1.29 is 0 Å². The number of rotatable bonds is 1. The molecule has 3 heterocycles. The number of fused-ring (bicyclic) bond motifs is 1. The average molecular weight is 229 g/mol. The first kappa shape index (κ1) is 9.83. The fourth-order valence-electron chi connectivity index (χ4n) is 1.92. The molecule has 0 aromatic carbocycles. The van der Waals surface area contributed by atoms with Gasteiger partial charge in [0.05, 0.1) is 17.4 Å². The summed E-state index contributed by atoms with van der Waals surface area (Å²) in [6, 6.07) is 1.82. The quantitative estimate of drug-likeness (QED) is 0.669. The van der Waals surface area contributed by atoms with Crippen LogP contribution in [0.15, 0.2) is 29.5 Å². The van der Waals surface area contributed by atoms with Gasteiger partial charge in [0.15, 0.2) is 0 Å². The first-order chi connectivity index (χ1) is 8.15. The maximum absolute atomic E-state index is 11.9. The summed E-state index contributed by atoms with van der Waals surface area (Å²) in [7, 11) is 1.84. The number of aryl methyl sites for hydroxylation is 2. The van der Waals surface area contributed by atoms with Crippen molar-refractivity contribution in [3.05, 3.63) is 40.8 Å². The minimum atomic E-state index is -0.138. The highest BCUT2D eigenvalue weighted by Gasteiger charge is 2.09. The van der Waals surface area contributed by atoms with Crippen LogP contribution >= 0.6 is 0 Å². The van der Waals surface area contributed by atoms with Gasteiger partial charge in [0.1, 0.15) is 11.3 Å². The van der Waals surface area contributed by atoms with Crippen LogP contribution in [0, 0.1) is 6.92 Å². The lowest BCUT2D eigenvalue weighted by Crippen LogP contribution is -2.12. The van der Waals surface area contributed by atoms with E-state index in [1.54, 1.807) is 22.4 Å². The Bertz CT molecular complexity index is 749. The van der Waals surface area contributed by atoms with Crippen molar-refractivity contribution in [2.45, 2.75) is 6.92 Å². The molecule has 1 N–H and O–H groups in total. The molecule has 0 saturated carbocycles. The van der Waals surface area contributed by atoms with Crippen LogP contribution in [0.4, 0.5) is 0 Å². The lowest BCUT2D eigenvalue weighted by Gasteiger charge is -2.00. The monoisotopic (exact) mass is 229 g/mol. The van der Waals surface area contributed by atoms with Crippen LogP contribution in [-0.4, -0.2) is 24.3 Å². The SMILES string of the molecule is Cc1nc2ccn(-c3cnn(C)c3)c2c(=O)[nH]1. The smallest absolute Gasteiger partial charge is 0.275 e. The highest BCUT2D eigenvalue weighted by Crippen LogP contribution is 2.14. The molecule has 0 aliphatic carbocycles. The highest BCUT2D eigenvalue weighted by atomic mass is 16.1. The Labute approximate surface area is 96.5 Å². The van der Waals surface area contributed by atoms with Crippen LogP contribution in [0.25, 0.3) is 16.7 Å². The highest BCUT2D eigenvalue weighted by molar-refractivity contribution is 5.76. The fraction of sp³-hybridized carbons (Fsp3) is 0.182. The molecule has 0 amide bonds. The van der Waals surface area contributed by atoms with Crippen molar-refractivity contribution >= 4 is 11.0 Å². The van der Waals surface area contributed by atoms with Gasteiger partial charge in [-0.25, -0.2) is 4.98 Å². The molecule has 0 radical (unpaired) electrons. The molecular weight excluding hydrogens is 218 g/mol. The zero-order chi connectivity index (χ0) is 12.0. The van der Waals surface area contributed by atoms with E-state index >= 15 is 0 Å². The molecule has 0 saturated heterocycles. The third-order valence-electron chi connectivity index (χ3n) is 2.63. The van der Waals surface area contributed by atoms with Gasteiger partial charge in [-0.15, -0.1) is 0 Å². The molecular formula is C11H11N5O. The van der Waals surface area contributed by atoms with Gasteiger partial charge in [-0.1, -0.05) is 0 Å². The van der Waals surface area contributed by atoms with Crippen LogP contribution < -0.4 is 5.56 Å². The topological polar surface area (TPSA) is 68.5 Å². The maximum Gasteiger partial charge on any atom is 0.275 e. The first-order valence-electron chi connectivity index (χ1n) is 5.22. The first-order valence-corrected chi connectivity index (χ1v) is 5.22. The Balaban J connectivity index is 2.35. The van der Waals surface area contributed by atoms with E-state index in [4.69, 9.17) is 0 Å². The van der Waals surface area contributed by atoms with E-state index in [1.807, 2.05) is 25.5 Å². The third-order valence-corrected chi connectivity index (χ3v) is 2.63. The number of hydrogen-bond donors (Lipinski definition) is 1. The zero-order valence-electron chi connectivity index (χ0n) is 9.51. The summed E-state index contributed by atoms with van der Waals surface area (Å²) in [5, 5.41) is 4.09. The molecule has 17 heavy (non-hydrogen) atoms. The van der Waals surface area contributed by atoms with Crippen molar-refractivity contribution in [1.29, 1.82) is 0 Å². The van der Waals surface area contributed by atoms with Crippen LogP contribution in [0.2, 0.25) is 0 Å². The Morgan fingerprint density at radius 3 is 2.94 bits per heavy atom. The van der Waals surface area contributed by atoms with E-state index < -0.39 is 0 Å². The Morgan fingerprint density at radius 2 is 2.24 bits per heavy atom. The second kappa shape index (κ2) is 3.31. The minimum Gasteiger partial charge on any atom is -0.309 e. The predicted octanol–water partition coefficient (Wildman–Crippen LogP) is 0.756. The average Bonchev–Trinajstić information content (AvgIpc) is 2.83. The van der Waals surface area contributed by atoms with Crippen molar-refractivity contribution in [1.82, 2.24) is 24.3 Å². The molecule has 0 atom stereocenters. The van der Waals surface area contributed by atoms with Gasteiger partial charge in [-0.3, -0.25) is 9.48 Å². The van der Waals surface area contributed by atoms with E-state index in [-0.39, 0.29) is 5.56 Å². The minimum absolute atomic E-state index is 0.138. The third kappa shape index (κ3) is 1.45. The van der Waals surface area contributed by atoms with Gasteiger partial charge in [-0.05, 0) is 13.0 Å². The summed E-state index contributed by atoms with van der Waals surface area (Å²) in [5.41, 5.74) is 1.94. The maximum atomic E-state index is 11.9. The lowest BCUT2D eigenvalue weighted by atomic mass is 10.4. The van der Waals surface area contributed by atoms with Crippen molar-refractivity contribution in [2.75, 3.05) is 0 Å². The Hall–Kier alpha value is -2.37. The predicted molar refractivity (Wildman–Crippen MR) is 63.2 cm³/mol. The molecule has 0 aliphatic heterocycles. The largest absolute Gasteiger partial charge is 0.309 e. The zero-order valence-corrected chi connectivity index (χ0v) is 9.51. The summed E-state index contributed by atoms with van der Waals surface area (Å²) < 4.78 is 3.48. The standard InChI is InChI=1S/C11H11N5O/c1-7-13-9-3-4-16(10(9)11(17)14-7)8-5-12-15(2)6-8/h3-6H,1-2H3,(H,13,14,17). The molecule has 0 spiro atoms. The lowest BCUT2D eigenvalue weighted by molar-refractivity contribution is 0.767. The van der Waals surface area contributed by atoms with E-state index in [0.717, 1.165) is 5.69 Å². The molecule has 3 aromatic heterocycles. The summed E-state index contributed by atoms with van der Waals surface area (Å²) in [4.78, 5) is 18.9. The molecule has 6 heteroatoms. The molecule has 0 fully saturated rings. The van der Waals surface area contributed by atoms with Gasteiger partial charge in [0.2, 0.25) is 0 Å². The van der Waals surface area contributed by atoms with Gasteiger partial charge in [0, 0.05) is 19.4 Å². The molecule has 0 unspecified atom stereocenters. The fourth-order valence-corrected chi connectivity index (χ4v) is 1.92. The summed E-state index contributed by atoms with van der Waals surface area (Å²) >= 11 is 0. The molecule has 3 rings (SSSR count). The van der Waals surface area contributed by atoms with Crippen LogP contribution in [0.5, 0.6) is 0 Å². The van der Waals surface area contributed by atoms with Crippen LogP contribution in [0.3, 0.4) is 0 Å². The second-order valence-electron chi connectivity index (χ2n) is 3.94. The van der Waals surface area contributed by atoms with E-state index in [9.17, 15) is 4.79 Å². The normalized spacial score (nSPS) is 11.2. The Morgan fingerprint density at radius 1 is 1.41 bits per heavy atom. The summed E-state index contributed by atoms with van der Waals surface area (Å²) in [6.45, 7) is 1.77. The Kier molecular flexibility index (Phi) is 1.91. The number of H-pyrrole nitrogens is 1. The molecule has 0 bridgehead atoms. The molecule has 0 aliphatic rings. The number of nitrogens with one attached hydrogen (secondary N) is 1. The summed E-state index contributed by atoms with van der Waals surface area (Å²) in [6.07, 6.45) is 5.38. The van der Waals surface area contributed by atoms with E-state index in [0.29, 0.717) is 16.9 Å². The number of hydrogen-bond acceptors (Lipinski definition) is 3. The molecule has 86 valence electrons. The number of aromatic amines is 1. The van der Waals surface area contributed by atoms with E-state index in [2.05, 4.69) is 15.1 Å². The second-order valence-corrected chi connectivity index (χ2v) is 3.94. The molecule has 6 nitrogen and oxygen atoms in total. The van der Waals surface area contributed by atoms with Crippen molar-refractivity contribution in [3.8, 4) is 5.69 Å². The number of aromatic nitrogens is 5. The summed E-state index contributed by atoms with van der Waals surface area (Å²) in [5.74, 6) is 0.617. The van der Waals surface area contributed by atoms with Gasteiger partial charge < -0.3 is 9.55 Å². The van der Waals surface area contributed by atoms with Gasteiger partial charge in [0.25, 0.3) is 5.56 Å². The van der Waals surface area contributed by atoms with Crippen LogP contribution in [-0.2, 0) is 7.05 Å².